The van der Waals surface area contributed by atoms with Crippen molar-refractivity contribution in [3.63, 3.8) is 0 Å². The van der Waals surface area contributed by atoms with Gasteiger partial charge in [0.15, 0.2) is 0 Å². The summed E-state index contributed by atoms with van der Waals surface area (Å²) < 4.78 is 2.19. The Morgan fingerprint density at radius 2 is 1.75 bits per heavy atom. The van der Waals surface area contributed by atoms with E-state index < -0.39 is 0 Å². The number of thioether (sulfide) groups is 1. The number of carbonyl (C=O) groups excluding carboxylic acids is 2. The van der Waals surface area contributed by atoms with Crippen LogP contribution in [0.25, 0.3) is 17.0 Å². The van der Waals surface area contributed by atoms with Gasteiger partial charge in [-0.1, -0.05) is 48.0 Å². The van der Waals surface area contributed by atoms with Gasteiger partial charge in [-0.15, -0.1) is 0 Å². The zero-order valence-corrected chi connectivity index (χ0v) is 17.0. The fraction of sp³-hybridized carbons (Fsp3) is 0.217. The minimum absolute atomic E-state index is 0.218. The summed E-state index contributed by atoms with van der Waals surface area (Å²) in [6, 6.07) is 16.3. The number of hydrogen-bond donors (Lipinski definition) is 0. The van der Waals surface area contributed by atoms with Crippen LogP contribution in [0, 0.1) is 6.92 Å². The molecule has 0 spiro atoms. The fourth-order valence-electron chi connectivity index (χ4n) is 3.43. The molecule has 28 heavy (non-hydrogen) atoms. The molecular weight excluding hydrogens is 368 g/mol. The van der Waals surface area contributed by atoms with Crippen molar-refractivity contribution < 1.29 is 9.59 Å². The third kappa shape index (κ3) is 3.38. The minimum atomic E-state index is -0.225. The molecule has 1 fully saturated rings. The van der Waals surface area contributed by atoms with Gasteiger partial charge >= 0.3 is 0 Å². The Hall–Kier alpha value is -2.79. The molecule has 0 radical (unpaired) electrons. The topological polar surface area (TPSA) is 42.3 Å². The molecule has 0 aliphatic carbocycles. The van der Waals surface area contributed by atoms with E-state index in [-0.39, 0.29) is 11.1 Å². The standard InChI is InChI=1S/C23H22N2O2S/c1-15(2)24-14-18(19-6-4-5-7-20(19)24)12-21-22(26)25(23(27)28-21)13-17-10-8-16(3)9-11-17/h4-12,14-15H,13H2,1-3H3/b21-12+. The van der Waals surface area contributed by atoms with Gasteiger partial charge in [0.2, 0.25) is 0 Å². The molecule has 1 aromatic heterocycles. The van der Waals surface area contributed by atoms with Gasteiger partial charge in [0.1, 0.15) is 0 Å². The first kappa shape index (κ1) is 18.6. The van der Waals surface area contributed by atoms with Crippen molar-refractivity contribution >= 4 is 39.9 Å². The summed E-state index contributed by atoms with van der Waals surface area (Å²) in [5.74, 6) is -0.225. The highest BCUT2D eigenvalue weighted by molar-refractivity contribution is 8.18. The maximum absolute atomic E-state index is 12.9. The summed E-state index contributed by atoms with van der Waals surface area (Å²) >= 11 is 1.01. The van der Waals surface area contributed by atoms with Crippen LogP contribution in [0.1, 0.15) is 36.6 Å². The lowest BCUT2D eigenvalue weighted by atomic mass is 10.1. The van der Waals surface area contributed by atoms with Crippen molar-refractivity contribution in [3.05, 3.63) is 76.3 Å². The molecule has 0 unspecified atom stereocenters. The molecule has 142 valence electrons. The van der Waals surface area contributed by atoms with Gasteiger partial charge in [-0.2, -0.15) is 0 Å². The van der Waals surface area contributed by atoms with Crippen LogP contribution in [0.2, 0.25) is 0 Å². The molecule has 4 nitrogen and oxygen atoms in total. The van der Waals surface area contributed by atoms with Gasteiger partial charge in [0.05, 0.1) is 11.4 Å². The molecule has 4 rings (SSSR count). The van der Waals surface area contributed by atoms with E-state index in [4.69, 9.17) is 0 Å². The van der Waals surface area contributed by atoms with Crippen LogP contribution in [-0.2, 0) is 11.3 Å². The van der Waals surface area contributed by atoms with Crippen molar-refractivity contribution in [1.82, 2.24) is 9.47 Å². The number of carbonyl (C=O) groups is 2. The number of aromatic nitrogens is 1. The highest BCUT2D eigenvalue weighted by atomic mass is 32.2. The largest absolute Gasteiger partial charge is 0.344 e. The number of hydrogen-bond acceptors (Lipinski definition) is 3. The van der Waals surface area contributed by atoms with Crippen LogP contribution in [0.4, 0.5) is 4.79 Å². The second-order valence-electron chi connectivity index (χ2n) is 7.36. The number of aryl methyl sites for hydroxylation is 1. The van der Waals surface area contributed by atoms with Gasteiger partial charge in [0, 0.05) is 28.7 Å². The van der Waals surface area contributed by atoms with E-state index in [2.05, 4.69) is 36.7 Å². The summed E-state index contributed by atoms with van der Waals surface area (Å²) in [7, 11) is 0. The molecule has 2 aromatic carbocycles. The molecule has 3 aromatic rings. The Kier molecular flexibility index (Phi) is 4.85. The van der Waals surface area contributed by atoms with E-state index in [0.717, 1.165) is 39.4 Å². The first-order chi connectivity index (χ1) is 13.4. The highest BCUT2D eigenvalue weighted by Crippen LogP contribution is 2.35. The molecule has 0 atom stereocenters. The second kappa shape index (κ2) is 7.32. The van der Waals surface area contributed by atoms with Crippen LogP contribution in [0.5, 0.6) is 0 Å². The lowest BCUT2D eigenvalue weighted by Crippen LogP contribution is -2.27. The van der Waals surface area contributed by atoms with Gasteiger partial charge in [-0.25, -0.2) is 0 Å². The van der Waals surface area contributed by atoms with E-state index in [0.29, 0.717) is 17.5 Å². The zero-order chi connectivity index (χ0) is 19.8. The quantitative estimate of drug-likeness (QED) is 0.531. The lowest BCUT2D eigenvalue weighted by molar-refractivity contribution is -0.123. The number of benzene rings is 2. The molecule has 0 N–H and O–H groups in total. The first-order valence-corrected chi connectivity index (χ1v) is 10.2. The Morgan fingerprint density at radius 3 is 2.46 bits per heavy atom. The highest BCUT2D eigenvalue weighted by Gasteiger charge is 2.35. The van der Waals surface area contributed by atoms with E-state index in [9.17, 15) is 9.59 Å². The monoisotopic (exact) mass is 390 g/mol. The van der Waals surface area contributed by atoms with Crippen molar-refractivity contribution in [2.24, 2.45) is 0 Å². The molecule has 0 bridgehead atoms. The SMILES string of the molecule is Cc1ccc(CN2C(=O)S/C(=C/c3cn(C(C)C)c4ccccc34)C2=O)cc1. The average molecular weight is 391 g/mol. The van der Waals surface area contributed by atoms with Crippen molar-refractivity contribution in [1.29, 1.82) is 0 Å². The molecule has 1 aliphatic rings. The number of fused-ring (bicyclic) bond motifs is 1. The maximum Gasteiger partial charge on any atom is 0.293 e. The summed E-state index contributed by atoms with van der Waals surface area (Å²) in [6.07, 6.45) is 3.91. The number of nitrogens with zero attached hydrogens (tertiary/aromatic N) is 2. The van der Waals surface area contributed by atoms with Crippen molar-refractivity contribution in [2.45, 2.75) is 33.4 Å². The van der Waals surface area contributed by atoms with Crippen LogP contribution in [-0.4, -0.2) is 20.6 Å². The van der Waals surface area contributed by atoms with E-state index in [1.807, 2.05) is 49.4 Å². The summed E-state index contributed by atoms with van der Waals surface area (Å²) in [4.78, 5) is 27.1. The molecule has 5 heteroatoms. The van der Waals surface area contributed by atoms with Crippen LogP contribution in [0.15, 0.2) is 59.6 Å². The zero-order valence-electron chi connectivity index (χ0n) is 16.2. The normalized spacial score (nSPS) is 16.1. The summed E-state index contributed by atoms with van der Waals surface area (Å²) in [5.41, 5.74) is 4.19. The first-order valence-electron chi connectivity index (χ1n) is 9.34. The molecule has 2 heterocycles. The van der Waals surface area contributed by atoms with Crippen molar-refractivity contribution in [2.75, 3.05) is 0 Å². The number of imide groups is 1. The Morgan fingerprint density at radius 1 is 1.04 bits per heavy atom. The maximum atomic E-state index is 12.9. The summed E-state index contributed by atoms with van der Waals surface area (Å²) in [5, 5.41) is 0.867. The van der Waals surface area contributed by atoms with Crippen LogP contribution >= 0.6 is 11.8 Å². The Labute approximate surface area is 168 Å². The molecule has 0 saturated carbocycles. The average Bonchev–Trinajstić information content (AvgIpc) is 3.17. The number of amides is 2. The van der Waals surface area contributed by atoms with Gasteiger partial charge in [-0.3, -0.25) is 14.5 Å². The Balaban J connectivity index is 1.66. The predicted octanol–water partition coefficient (Wildman–Crippen LogP) is 5.77. The van der Waals surface area contributed by atoms with Gasteiger partial charge in [0.25, 0.3) is 11.1 Å². The fourth-order valence-corrected chi connectivity index (χ4v) is 4.26. The van der Waals surface area contributed by atoms with Crippen molar-refractivity contribution in [3.8, 4) is 0 Å². The lowest BCUT2D eigenvalue weighted by Gasteiger charge is -2.12. The molecule has 2 amide bonds. The van der Waals surface area contributed by atoms with E-state index in [1.54, 1.807) is 0 Å². The number of para-hydroxylation sites is 1. The smallest absolute Gasteiger partial charge is 0.293 e. The Bertz CT molecular complexity index is 1090. The molecule has 1 saturated heterocycles. The summed E-state index contributed by atoms with van der Waals surface area (Å²) in [6.45, 7) is 6.58. The minimum Gasteiger partial charge on any atom is -0.344 e. The van der Waals surface area contributed by atoms with Gasteiger partial charge < -0.3 is 4.57 Å². The third-order valence-corrected chi connectivity index (χ3v) is 5.86. The van der Waals surface area contributed by atoms with Crippen LogP contribution in [0.3, 0.4) is 0 Å². The van der Waals surface area contributed by atoms with E-state index in [1.165, 1.54) is 4.90 Å². The number of rotatable bonds is 4. The third-order valence-electron chi connectivity index (χ3n) is 4.95. The van der Waals surface area contributed by atoms with Gasteiger partial charge in [-0.05, 0) is 50.2 Å². The van der Waals surface area contributed by atoms with Crippen LogP contribution < -0.4 is 0 Å². The second-order valence-corrected chi connectivity index (χ2v) is 8.35. The van der Waals surface area contributed by atoms with E-state index >= 15 is 0 Å². The molecular formula is C23H22N2O2S. The molecule has 1 aliphatic heterocycles. The predicted molar refractivity (Wildman–Crippen MR) is 115 cm³/mol.